The number of fused-ring (bicyclic) bond motifs is 1. The molecule has 1 aromatic rings. The van der Waals surface area contributed by atoms with Crippen molar-refractivity contribution >= 4 is 17.5 Å². The summed E-state index contributed by atoms with van der Waals surface area (Å²) in [5.74, 6) is -0.442. The zero-order valence-corrected chi connectivity index (χ0v) is 12.1. The average Bonchev–Trinajstić information content (AvgIpc) is 2.67. The Morgan fingerprint density at radius 3 is 2.45 bits per heavy atom. The number of nitrogen functional groups attached to an aromatic ring is 1. The fraction of sp³-hybridized carbons (Fsp3) is 0.467. The molecule has 2 rings (SSSR count). The van der Waals surface area contributed by atoms with Gasteiger partial charge >= 0.3 is 0 Å². The van der Waals surface area contributed by atoms with Crippen LogP contribution in [0, 0.1) is 0 Å². The maximum Gasteiger partial charge on any atom is 0.261 e. The number of likely N-dealkylation sites (N-methyl/N-ethyl adjacent to an activating group) is 1. The molecule has 5 nitrogen and oxygen atoms in total. The Balaban J connectivity index is 2.08. The summed E-state index contributed by atoms with van der Waals surface area (Å²) in [5, 5.41) is 0. The van der Waals surface area contributed by atoms with Gasteiger partial charge in [0.15, 0.2) is 0 Å². The molecule has 1 aliphatic rings. The number of nitrogens with zero attached hydrogens (tertiary/aromatic N) is 2. The zero-order valence-electron chi connectivity index (χ0n) is 12.1. The molecule has 0 saturated carbocycles. The van der Waals surface area contributed by atoms with E-state index >= 15 is 0 Å². The van der Waals surface area contributed by atoms with E-state index in [1.54, 1.807) is 18.2 Å². The van der Waals surface area contributed by atoms with Gasteiger partial charge in [-0.2, -0.15) is 0 Å². The summed E-state index contributed by atoms with van der Waals surface area (Å²) in [5.41, 5.74) is 7.07. The SMILES string of the molecule is CCCN(CC)CCN1C(=O)c2ccc(N)cc2C1=O. The van der Waals surface area contributed by atoms with Crippen molar-refractivity contribution in [1.29, 1.82) is 0 Å². The molecular formula is C15H21N3O2. The molecule has 0 aliphatic carbocycles. The van der Waals surface area contributed by atoms with Gasteiger partial charge in [-0.3, -0.25) is 14.5 Å². The van der Waals surface area contributed by atoms with Crippen molar-refractivity contribution in [2.75, 3.05) is 31.9 Å². The first-order valence-electron chi connectivity index (χ1n) is 7.06. The maximum atomic E-state index is 12.2. The van der Waals surface area contributed by atoms with E-state index in [0.29, 0.717) is 29.9 Å². The van der Waals surface area contributed by atoms with Crippen LogP contribution >= 0.6 is 0 Å². The van der Waals surface area contributed by atoms with Crippen molar-refractivity contribution in [3.63, 3.8) is 0 Å². The summed E-state index contributed by atoms with van der Waals surface area (Å²) in [6.07, 6.45) is 1.06. The lowest BCUT2D eigenvalue weighted by Gasteiger charge is -2.22. The van der Waals surface area contributed by atoms with Crippen molar-refractivity contribution in [2.45, 2.75) is 20.3 Å². The lowest BCUT2D eigenvalue weighted by molar-refractivity contribution is 0.0637. The lowest BCUT2D eigenvalue weighted by atomic mass is 10.1. The third-order valence-corrected chi connectivity index (χ3v) is 3.62. The van der Waals surface area contributed by atoms with Crippen LogP contribution in [0.3, 0.4) is 0 Å². The van der Waals surface area contributed by atoms with Gasteiger partial charge in [-0.05, 0) is 37.7 Å². The van der Waals surface area contributed by atoms with Crippen LogP contribution in [0.25, 0.3) is 0 Å². The number of hydrogen-bond donors (Lipinski definition) is 1. The Bertz CT molecular complexity index is 528. The standard InChI is InChI=1S/C15H21N3O2/c1-3-7-17(4-2)8-9-18-14(19)12-6-5-11(16)10-13(12)15(18)20/h5-6,10H,3-4,7-9,16H2,1-2H3. The van der Waals surface area contributed by atoms with Crippen molar-refractivity contribution in [2.24, 2.45) is 0 Å². The van der Waals surface area contributed by atoms with E-state index in [9.17, 15) is 9.59 Å². The van der Waals surface area contributed by atoms with E-state index < -0.39 is 0 Å². The first-order valence-corrected chi connectivity index (χ1v) is 7.06. The Labute approximate surface area is 119 Å². The second kappa shape index (κ2) is 6.05. The highest BCUT2D eigenvalue weighted by Gasteiger charge is 2.35. The van der Waals surface area contributed by atoms with Crippen molar-refractivity contribution < 1.29 is 9.59 Å². The Kier molecular flexibility index (Phi) is 4.39. The molecule has 2 amide bonds. The number of rotatable bonds is 6. The van der Waals surface area contributed by atoms with Crippen LogP contribution in [0.4, 0.5) is 5.69 Å². The quantitative estimate of drug-likeness (QED) is 0.632. The molecule has 0 saturated heterocycles. The highest BCUT2D eigenvalue weighted by atomic mass is 16.2. The van der Waals surface area contributed by atoms with Gasteiger partial charge in [0.05, 0.1) is 11.1 Å². The predicted octanol–water partition coefficient (Wildman–Crippen LogP) is 1.60. The van der Waals surface area contributed by atoms with Crippen LogP contribution in [-0.2, 0) is 0 Å². The first-order chi connectivity index (χ1) is 9.58. The van der Waals surface area contributed by atoms with E-state index in [2.05, 4.69) is 18.7 Å². The minimum absolute atomic E-state index is 0.211. The van der Waals surface area contributed by atoms with E-state index in [-0.39, 0.29) is 11.8 Å². The number of benzene rings is 1. The van der Waals surface area contributed by atoms with Gasteiger partial charge in [0.25, 0.3) is 11.8 Å². The molecule has 20 heavy (non-hydrogen) atoms. The predicted molar refractivity (Wildman–Crippen MR) is 78.6 cm³/mol. The van der Waals surface area contributed by atoms with Gasteiger partial charge in [0, 0.05) is 18.8 Å². The van der Waals surface area contributed by atoms with E-state index in [0.717, 1.165) is 19.5 Å². The molecule has 0 atom stereocenters. The lowest BCUT2D eigenvalue weighted by Crippen LogP contribution is -2.38. The molecular weight excluding hydrogens is 254 g/mol. The van der Waals surface area contributed by atoms with Crippen LogP contribution in [0.15, 0.2) is 18.2 Å². The summed E-state index contributed by atoms with van der Waals surface area (Å²) < 4.78 is 0. The summed E-state index contributed by atoms with van der Waals surface area (Å²) >= 11 is 0. The van der Waals surface area contributed by atoms with Gasteiger partial charge in [-0.25, -0.2) is 0 Å². The maximum absolute atomic E-state index is 12.2. The Morgan fingerprint density at radius 1 is 1.10 bits per heavy atom. The van der Waals surface area contributed by atoms with Crippen molar-refractivity contribution in [1.82, 2.24) is 9.80 Å². The largest absolute Gasteiger partial charge is 0.399 e. The van der Waals surface area contributed by atoms with Crippen LogP contribution in [0.1, 0.15) is 41.0 Å². The van der Waals surface area contributed by atoms with E-state index in [4.69, 9.17) is 5.73 Å². The number of imide groups is 1. The molecule has 0 radical (unpaired) electrons. The summed E-state index contributed by atoms with van der Waals surface area (Å²) in [6, 6.07) is 4.87. The number of hydrogen-bond acceptors (Lipinski definition) is 4. The second-order valence-electron chi connectivity index (χ2n) is 5.00. The number of anilines is 1. The highest BCUT2D eigenvalue weighted by molar-refractivity contribution is 6.21. The number of carbonyl (C=O) groups excluding carboxylic acids is 2. The highest BCUT2D eigenvalue weighted by Crippen LogP contribution is 2.24. The first kappa shape index (κ1) is 14.5. The Morgan fingerprint density at radius 2 is 1.80 bits per heavy atom. The molecule has 0 fully saturated rings. The minimum Gasteiger partial charge on any atom is -0.399 e. The number of carbonyl (C=O) groups is 2. The molecule has 0 bridgehead atoms. The minimum atomic E-state index is -0.232. The molecule has 108 valence electrons. The summed E-state index contributed by atoms with van der Waals surface area (Å²) in [6.45, 7) is 7.24. The van der Waals surface area contributed by atoms with E-state index in [1.807, 2.05) is 0 Å². The molecule has 0 spiro atoms. The fourth-order valence-electron chi connectivity index (χ4n) is 2.50. The van der Waals surface area contributed by atoms with Crippen LogP contribution < -0.4 is 5.73 Å². The van der Waals surface area contributed by atoms with E-state index in [1.165, 1.54) is 4.90 Å². The van der Waals surface area contributed by atoms with Gasteiger partial charge in [0.1, 0.15) is 0 Å². The van der Waals surface area contributed by atoms with Crippen molar-refractivity contribution in [3.8, 4) is 0 Å². The van der Waals surface area contributed by atoms with Crippen molar-refractivity contribution in [3.05, 3.63) is 29.3 Å². The molecule has 1 heterocycles. The third kappa shape index (κ3) is 2.67. The van der Waals surface area contributed by atoms with Gasteiger partial charge in [-0.15, -0.1) is 0 Å². The second-order valence-corrected chi connectivity index (χ2v) is 5.00. The summed E-state index contributed by atoms with van der Waals surface area (Å²) in [4.78, 5) is 28.0. The number of nitrogens with two attached hydrogens (primary N) is 1. The summed E-state index contributed by atoms with van der Waals surface area (Å²) in [7, 11) is 0. The third-order valence-electron chi connectivity index (χ3n) is 3.62. The molecule has 0 aromatic heterocycles. The molecule has 2 N–H and O–H groups in total. The number of amides is 2. The van der Waals surface area contributed by atoms with Crippen LogP contribution in [-0.4, -0.2) is 47.8 Å². The zero-order chi connectivity index (χ0) is 14.7. The fourth-order valence-corrected chi connectivity index (χ4v) is 2.50. The monoisotopic (exact) mass is 275 g/mol. The smallest absolute Gasteiger partial charge is 0.261 e. The van der Waals surface area contributed by atoms with Crippen LogP contribution in [0.2, 0.25) is 0 Å². The topological polar surface area (TPSA) is 66.6 Å². The Hall–Kier alpha value is -1.88. The molecule has 1 aliphatic heterocycles. The van der Waals surface area contributed by atoms with Gasteiger partial charge < -0.3 is 10.6 Å². The van der Waals surface area contributed by atoms with Crippen LogP contribution in [0.5, 0.6) is 0 Å². The van der Waals surface area contributed by atoms with Gasteiger partial charge in [-0.1, -0.05) is 13.8 Å². The molecule has 1 aromatic carbocycles. The van der Waals surface area contributed by atoms with Gasteiger partial charge in [0.2, 0.25) is 0 Å². The molecule has 0 unspecified atom stereocenters. The average molecular weight is 275 g/mol. The molecule has 5 heteroatoms. The normalized spacial score (nSPS) is 14.2.